The molecule has 0 aliphatic heterocycles. The van der Waals surface area contributed by atoms with Gasteiger partial charge < -0.3 is 15.7 Å². The fraction of sp³-hybridized carbons (Fsp3) is 0.714. The van der Waals surface area contributed by atoms with Crippen LogP contribution in [0.1, 0.15) is 40.0 Å². The van der Waals surface area contributed by atoms with Gasteiger partial charge in [0.15, 0.2) is 0 Å². The molecule has 5 nitrogen and oxygen atoms in total. The summed E-state index contributed by atoms with van der Waals surface area (Å²) in [5.41, 5.74) is 0.0203. The first-order chi connectivity index (χ1) is 8.77. The predicted molar refractivity (Wildman–Crippen MR) is 74.7 cm³/mol. The quantitative estimate of drug-likeness (QED) is 0.616. The number of nitrogens with one attached hydrogen (secondary N) is 2. The molecule has 0 radical (unpaired) electrons. The third kappa shape index (κ3) is 8.95. The summed E-state index contributed by atoms with van der Waals surface area (Å²) in [5.74, 6) is 1.78. The molecule has 3 N–H and O–H groups in total. The number of rotatable bonds is 7. The normalized spacial score (nSPS) is 12.3. The number of aliphatic carboxylic acids is 1. The van der Waals surface area contributed by atoms with Gasteiger partial charge in [-0.05, 0) is 24.2 Å². The molecule has 0 aliphatic rings. The minimum absolute atomic E-state index is 0.0203. The van der Waals surface area contributed by atoms with E-state index in [1.807, 2.05) is 0 Å². The molecule has 0 rings (SSSR count). The van der Waals surface area contributed by atoms with Crippen LogP contribution < -0.4 is 10.6 Å². The number of carboxylic acid groups (broad SMARTS) is 1. The highest BCUT2D eigenvalue weighted by molar-refractivity contribution is 5.74. The SMILES string of the molecule is C#CCNC(=O)NCCC(CCC(=O)O)C(C)(C)C. The number of terminal acetylenes is 1. The summed E-state index contributed by atoms with van der Waals surface area (Å²) in [4.78, 5) is 21.9. The summed E-state index contributed by atoms with van der Waals surface area (Å²) in [5, 5.41) is 14.0. The zero-order valence-electron chi connectivity index (χ0n) is 12.0. The third-order valence-electron chi connectivity index (χ3n) is 3.06. The maximum atomic E-state index is 11.3. The van der Waals surface area contributed by atoms with Crippen molar-refractivity contribution in [3.05, 3.63) is 0 Å². The van der Waals surface area contributed by atoms with Gasteiger partial charge in [0.25, 0.3) is 0 Å². The van der Waals surface area contributed by atoms with Gasteiger partial charge in [0.1, 0.15) is 0 Å². The molecular weight excluding hydrogens is 244 g/mol. The largest absolute Gasteiger partial charge is 0.481 e. The van der Waals surface area contributed by atoms with Crippen LogP contribution in [-0.2, 0) is 4.79 Å². The van der Waals surface area contributed by atoms with E-state index >= 15 is 0 Å². The van der Waals surface area contributed by atoms with E-state index in [1.54, 1.807) is 0 Å². The van der Waals surface area contributed by atoms with Crippen molar-refractivity contribution in [1.82, 2.24) is 10.6 Å². The molecule has 1 unspecified atom stereocenters. The number of carbonyl (C=O) groups excluding carboxylic acids is 1. The average Bonchev–Trinajstić information content (AvgIpc) is 2.28. The first-order valence-corrected chi connectivity index (χ1v) is 6.44. The lowest BCUT2D eigenvalue weighted by atomic mass is 9.76. The van der Waals surface area contributed by atoms with Gasteiger partial charge in [0.2, 0.25) is 0 Å². The fourth-order valence-electron chi connectivity index (χ4n) is 1.86. The zero-order valence-corrected chi connectivity index (χ0v) is 12.0. The first kappa shape index (κ1) is 17.3. The Labute approximate surface area is 115 Å². The number of amides is 2. The van der Waals surface area contributed by atoms with Gasteiger partial charge in [-0.1, -0.05) is 26.7 Å². The van der Waals surface area contributed by atoms with Crippen molar-refractivity contribution in [3.8, 4) is 12.3 Å². The Kier molecular flexibility index (Phi) is 7.66. The number of urea groups is 1. The molecule has 0 saturated heterocycles. The van der Waals surface area contributed by atoms with Crippen LogP contribution in [0.25, 0.3) is 0 Å². The summed E-state index contributed by atoms with van der Waals surface area (Å²) in [6.07, 6.45) is 6.56. The van der Waals surface area contributed by atoms with Crippen LogP contribution in [0, 0.1) is 23.7 Å². The van der Waals surface area contributed by atoms with Crippen molar-refractivity contribution >= 4 is 12.0 Å². The van der Waals surface area contributed by atoms with Crippen LogP contribution >= 0.6 is 0 Å². The van der Waals surface area contributed by atoms with E-state index in [4.69, 9.17) is 11.5 Å². The molecule has 0 aliphatic carbocycles. The maximum Gasteiger partial charge on any atom is 0.315 e. The van der Waals surface area contributed by atoms with Crippen molar-refractivity contribution in [2.45, 2.75) is 40.0 Å². The number of hydrogen-bond donors (Lipinski definition) is 3. The van der Waals surface area contributed by atoms with E-state index in [-0.39, 0.29) is 30.3 Å². The first-order valence-electron chi connectivity index (χ1n) is 6.44. The van der Waals surface area contributed by atoms with Gasteiger partial charge in [0.05, 0.1) is 6.54 Å². The van der Waals surface area contributed by atoms with Gasteiger partial charge in [-0.15, -0.1) is 6.42 Å². The summed E-state index contributed by atoms with van der Waals surface area (Å²) in [6.45, 7) is 6.96. The minimum atomic E-state index is -0.783. The van der Waals surface area contributed by atoms with Gasteiger partial charge in [-0.25, -0.2) is 4.79 Å². The molecule has 2 amide bonds. The highest BCUT2D eigenvalue weighted by Crippen LogP contribution is 2.32. The van der Waals surface area contributed by atoms with Gasteiger partial charge in [0, 0.05) is 13.0 Å². The standard InChI is InChI=1S/C14H24N2O3/c1-5-9-15-13(19)16-10-8-11(14(2,3)4)6-7-12(17)18/h1,11H,6-10H2,2-4H3,(H,17,18)(H2,15,16,19). The van der Waals surface area contributed by atoms with Gasteiger partial charge >= 0.3 is 12.0 Å². The van der Waals surface area contributed by atoms with Crippen LogP contribution in [-0.4, -0.2) is 30.2 Å². The predicted octanol–water partition coefficient (Wildman–Crippen LogP) is 1.84. The summed E-state index contributed by atoms with van der Waals surface area (Å²) in [7, 11) is 0. The second-order valence-corrected chi connectivity index (χ2v) is 5.60. The van der Waals surface area contributed by atoms with E-state index in [9.17, 15) is 9.59 Å². The maximum absolute atomic E-state index is 11.3. The fourth-order valence-corrected chi connectivity index (χ4v) is 1.86. The van der Waals surface area contributed by atoms with E-state index in [0.29, 0.717) is 13.0 Å². The molecule has 0 aromatic heterocycles. The molecular formula is C14H24N2O3. The summed E-state index contributed by atoms with van der Waals surface area (Å²) < 4.78 is 0. The second kappa shape index (κ2) is 8.41. The zero-order chi connectivity index (χ0) is 14.9. The van der Waals surface area contributed by atoms with E-state index < -0.39 is 5.97 Å². The molecule has 19 heavy (non-hydrogen) atoms. The number of carboxylic acids is 1. The van der Waals surface area contributed by atoms with Crippen LogP contribution in [0.3, 0.4) is 0 Å². The lowest BCUT2D eigenvalue weighted by molar-refractivity contribution is -0.137. The van der Waals surface area contributed by atoms with Gasteiger partial charge in [-0.2, -0.15) is 0 Å². The Bertz CT molecular complexity index is 340. The Morgan fingerprint density at radius 1 is 1.26 bits per heavy atom. The lowest BCUT2D eigenvalue weighted by Crippen LogP contribution is -2.37. The summed E-state index contributed by atoms with van der Waals surface area (Å²) in [6, 6.07) is -0.288. The molecule has 0 fully saturated rings. The van der Waals surface area contributed by atoms with Crippen LogP contribution in [0.5, 0.6) is 0 Å². The van der Waals surface area contributed by atoms with Crippen LogP contribution in [0.2, 0.25) is 0 Å². The molecule has 1 atom stereocenters. The molecule has 0 aromatic carbocycles. The van der Waals surface area contributed by atoms with E-state index in [2.05, 4.69) is 37.3 Å². The molecule has 5 heteroatoms. The summed E-state index contributed by atoms with van der Waals surface area (Å²) >= 11 is 0. The topological polar surface area (TPSA) is 78.4 Å². The molecule has 0 spiro atoms. The molecule has 108 valence electrons. The highest BCUT2D eigenvalue weighted by Gasteiger charge is 2.24. The average molecular weight is 268 g/mol. The monoisotopic (exact) mass is 268 g/mol. The van der Waals surface area contributed by atoms with Crippen molar-refractivity contribution in [2.75, 3.05) is 13.1 Å². The van der Waals surface area contributed by atoms with Crippen molar-refractivity contribution in [1.29, 1.82) is 0 Å². The Balaban J connectivity index is 4.10. The Morgan fingerprint density at radius 2 is 1.89 bits per heavy atom. The molecule has 0 aromatic rings. The van der Waals surface area contributed by atoms with Crippen molar-refractivity contribution < 1.29 is 14.7 Å². The van der Waals surface area contributed by atoms with Crippen molar-refractivity contribution in [3.63, 3.8) is 0 Å². The molecule has 0 heterocycles. The molecule has 0 saturated carbocycles. The van der Waals surface area contributed by atoms with Crippen LogP contribution in [0.15, 0.2) is 0 Å². The van der Waals surface area contributed by atoms with Crippen molar-refractivity contribution in [2.24, 2.45) is 11.3 Å². The molecule has 0 bridgehead atoms. The Hall–Kier alpha value is -1.70. The van der Waals surface area contributed by atoms with Crippen LogP contribution in [0.4, 0.5) is 4.79 Å². The number of hydrogen-bond acceptors (Lipinski definition) is 2. The minimum Gasteiger partial charge on any atom is -0.481 e. The highest BCUT2D eigenvalue weighted by atomic mass is 16.4. The van der Waals surface area contributed by atoms with Gasteiger partial charge in [-0.3, -0.25) is 4.79 Å². The lowest BCUT2D eigenvalue weighted by Gasteiger charge is -2.30. The van der Waals surface area contributed by atoms with E-state index in [1.165, 1.54) is 0 Å². The smallest absolute Gasteiger partial charge is 0.315 e. The second-order valence-electron chi connectivity index (χ2n) is 5.60. The Morgan fingerprint density at radius 3 is 2.37 bits per heavy atom. The third-order valence-corrected chi connectivity index (χ3v) is 3.06. The number of carbonyl (C=O) groups is 2. The van der Waals surface area contributed by atoms with E-state index in [0.717, 1.165) is 6.42 Å².